The maximum absolute atomic E-state index is 14.1. The van der Waals surface area contributed by atoms with Crippen LogP contribution in [0.3, 0.4) is 0 Å². The molecule has 0 amide bonds. The predicted octanol–water partition coefficient (Wildman–Crippen LogP) is 2.88. The lowest BCUT2D eigenvalue weighted by atomic mass is 10.0. The smallest absolute Gasteiger partial charge is 0.132 e. The van der Waals surface area contributed by atoms with Crippen LogP contribution in [0.15, 0.2) is 34.7 Å². The third-order valence-corrected chi connectivity index (χ3v) is 3.06. The fourth-order valence-corrected chi connectivity index (χ4v) is 2.09. The van der Waals surface area contributed by atoms with E-state index < -0.39 is 0 Å². The maximum Gasteiger partial charge on any atom is 0.132 e. The van der Waals surface area contributed by atoms with Crippen LogP contribution in [-0.2, 0) is 11.3 Å². The Morgan fingerprint density at radius 3 is 2.65 bits per heavy atom. The van der Waals surface area contributed by atoms with Crippen molar-refractivity contribution < 1.29 is 18.3 Å². The third-order valence-electron chi connectivity index (χ3n) is 3.06. The fourth-order valence-electron chi connectivity index (χ4n) is 2.09. The van der Waals surface area contributed by atoms with E-state index in [1.54, 1.807) is 26.3 Å². The molecule has 0 aliphatic carbocycles. The van der Waals surface area contributed by atoms with Gasteiger partial charge < -0.3 is 19.2 Å². The van der Waals surface area contributed by atoms with Gasteiger partial charge >= 0.3 is 0 Å². The minimum atomic E-state index is -0.355. The first kappa shape index (κ1) is 14.6. The van der Waals surface area contributed by atoms with E-state index in [1.165, 1.54) is 13.2 Å². The highest BCUT2D eigenvalue weighted by atomic mass is 19.1. The summed E-state index contributed by atoms with van der Waals surface area (Å²) in [6.07, 6.45) is 0. The van der Waals surface area contributed by atoms with Crippen LogP contribution >= 0.6 is 0 Å². The van der Waals surface area contributed by atoms with Crippen molar-refractivity contribution >= 4 is 0 Å². The van der Waals surface area contributed by atoms with Gasteiger partial charge in [0.25, 0.3) is 0 Å². The van der Waals surface area contributed by atoms with Crippen LogP contribution in [0, 0.1) is 5.82 Å². The number of halogens is 1. The Morgan fingerprint density at radius 1 is 1.25 bits per heavy atom. The SMILES string of the molecule is CNC(c1ccc(COC)o1)c1ccc(OC)cc1F. The number of furan rings is 1. The number of benzene rings is 1. The van der Waals surface area contributed by atoms with Gasteiger partial charge in [0.2, 0.25) is 0 Å². The lowest BCUT2D eigenvalue weighted by Crippen LogP contribution is -2.18. The van der Waals surface area contributed by atoms with Crippen molar-refractivity contribution in [3.63, 3.8) is 0 Å². The van der Waals surface area contributed by atoms with Crippen LogP contribution in [0.4, 0.5) is 4.39 Å². The van der Waals surface area contributed by atoms with E-state index in [4.69, 9.17) is 13.9 Å². The molecule has 0 radical (unpaired) electrons. The quantitative estimate of drug-likeness (QED) is 0.883. The molecule has 1 aromatic carbocycles. The summed E-state index contributed by atoms with van der Waals surface area (Å²) in [5.74, 6) is 1.49. The molecule has 2 rings (SSSR count). The number of ether oxygens (including phenoxy) is 2. The second-order valence-corrected chi connectivity index (χ2v) is 4.35. The van der Waals surface area contributed by atoms with Crippen molar-refractivity contribution in [3.8, 4) is 5.75 Å². The van der Waals surface area contributed by atoms with Gasteiger partial charge in [-0.05, 0) is 25.2 Å². The van der Waals surface area contributed by atoms with E-state index in [0.717, 1.165) is 0 Å². The minimum absolute atomic E-state index is 0.339. The second kappa shape index (κ2) is 6.54. The molecule has 0 spiro atoms. The van der Waals surface area contributed by atoms with E-state index in [2.05, 4.69) is 5.32 Å². The number of nitrogens with one attached hydrogen (secondary N) is 1. The van der Waals surface area contributed by atoms with Crippen LogP contribution in [-0.4, -0.2) is 21.3 Å². The Morgan fingerprint density at radius 2 is 2.05 bits per heavy atom. The minimum Gasteiger partial charge on any atom is -0.497 e. The number of methoxy groups -OCH3 is 2. The number of hydrogen-bond acceptors (Lipinski definition) is 4. The average Bonchev–Trinajstić information content (AvgIpc) is 2.90. The van der Waals surface area contributed by atoms with Gasteiger partial charge in [0.1, 0.15) is 29.7 Å². The van der Waals surface area contributed by atoms with Crippen molar-refractivity contribution in [2.75, 3.05) is 21.3 Å². The first-order valence-corrected chi connectivity index (χ1v) is 6.27. The fraction of sp³-hybridized carbons (Fsp3) is 0.333. The average molecular weight is 279 g/mol. The van der Waals surface area contributed by atoms with Gasteiger partial charge in [0.05, 0.1) is 13.2 Å². The summed E-state index contributed by atoms with van der Waals surface area (Å²) in [5.41, 5.74) is 0.506. The summed E-state index contributed by atoms with van der Waals surface area (Å²) < 4.78 is 29.8. The van der Waals surface area contributed by atoms with Gasteiger partial charge in [-0.2, -0.15) is 0 Å². The molecule has 0 aliphatic heterocycles. The molecule has 1 heterocycles. The maximum atomic E-state index is 14.1. The third kappa shape index (κ3) is 3.00. The van der Waals surface area contributed by atoms with E-state index in [-0.39, 0.29) is 11.9 Å². The van der Waals surface area contributed by atoms with Crippen molar-refractivity contribution in [3.05, 3.63) is 53.2 Å². The molecule has 1 unspecified atom stereocenters. The largest absolute Gasteiger partial charge is 0.497 e. The van der Waals surface area contributed by atoms with Gasteiger partial charge in [0, 0.05) is 18.7 Å². The van der Waals surface area contributed by atoms with Crippen molar-refractivity contribution in [1.82, 2.24) is 5.32 Å². The highest BCUT2D eigenvalue weighted by molar-refractivity contribution is 5.34. The molecular weight excluding hydrogens is 261 g/mol. The molecule has 0 saturated heterocycles. The van der Waals surface area contributed by atoms with E-state index >= 15 is 0 Å². The Balaban J connectivity index is 2.31. The van der Waals surface area contributed by atoms with Gasteiger partial charge in [-0.25, -0.2) is 4.39 Å². The van der Waals surface area contributed by atoms with Crippen LogP contribution < -0.4 is 10.1 Å². The molecule has 0 bridgehead atoms. The zero-order valence-electron chi connectivity index (χ0n) is 11.8. The van der Waals surface area contributed by atoms with Crippen molar-refractivity contribution in [2.45, 2.75) is 12.6 Å². The highest BCUT2D eigenvalue weighted by Gasteiger charge is 2.20. The zero-order chi connectivity index (χ0) is 14.5. The molecule has 1 atom stereocenters. The molecule has 4 nitrogen and oxygen atoms in total. The summed E-state index contributed by atoms with van der Waals surface area (Å²) in [7, 11) is 4.86. The van der Waals surface area contributed by atoms with Gasteiger partial charge in [-0.3, -0.25) is 0 Å². The number of rotatable bonds is 6. The Kier molecular flexibility index (Phi) is 4.76. The molecule has 20 heavy (non-hydrogen) atoms. The van der Waals surface area contributed by atoms with Gasteiger partial charge in [0.15, 0.2) is 0 Å². The van der Waals surface area contributed by atoms with E-state index in [9.17, 15) is 4.39 Å². The highest BCUT2D eigenvalue weighted by Crippen LogP contribution is 2.28. The lowest BCUT2D eigenvalue weighted by molar-refractivity contribution is 0.162. The monoisotopic (exact) mass is 279 g/mol. The van der Waals surface area contributed by atoms with Crippen LogP contribution in [0.25, 0.3) is 0 Å². The van der Waals surface area contributed by atoms with Crippen LogP contribution in [0.5, 0.6) is 5.75 Å². The summed E-state index contributed by atoms with van der Waals surface area (Å²) in [6.45, 7) is 0.390. The number of hydrogen-bond donors (Lipinski definition) is 1. The standard InChI is InChI=1S/C15H18FNO3/c1-17-15(14-7-5-11(20-14)9-18-2)12-6-4-10(19-3)8-13(12)16/h4-8,15,17H,9H2,1-3H3. The molecule has 0 saturated carbocycles. The van der Waals surface area contributed by atoms with Crippen molar-refractivity contribution in [2.24, 2.45) is 0 Å². The Bertz CT molecular complexity index is 568. The first-order chi connectivity index (χ1) is 9.69. The summed E-state index contributed by atoms with van der Waals surface area (Å²) in [5, 5.41) is 3.05. The lowest BCUT2D eigenvalue weighted by Gasteiger charge is -2.15. The molecule has 108 valence electrons. The van der Waals surface area contributed by atoms with Gasteiger partial charge in [-0.15, -0.1) is 0 Å². The summed E-state index contributed by atoms with van der Waals surface area (Å²) in [6, 6.07) is 8.06. The Hall–Kier alpha value is -1.85. The van der Waals surface area contributed by atoms with E-state index in [1.807, 2.05) is 12.1 Å². The predicted molar refractivity (Wildman–Crippen MR) is 73.3 cm³/mol. The summed E-state index contributed by atoms with van der Waals surface area (Å²) >= 11 is 0. The molecule has 1 N–H and O–H groups in total. The molecular formula is C15H18FNO3. The Labute approximate surface area is 117 Å². The molecule has 1 aromatic heterocycles. The first-order valence-electron chi connectivity index (χ1n) is 6.27. The van der Waals surface area contributed by atoms with Gasteiger partial charge in [-0.1, -0.05) is 6.07 Å². The zero-order valence-corrected chi connectivity index (χ0v) is 11.8. The van der Waals surface area contributed by atoms with E-state index in [0.29, 0.717) is 29.4 Å². The normalized spacial score (nSPS) is 12.4. The summed E-state index contributed by atoms with van der Waals surface area (Å²) in [4.78, 5) is 0. The van der Waals surface area contributed by atoms with Crippen molar-refractivity contribution in [1.29, 1.82) is 0 Å². The van der Waals surface area contributed by atoms with Crippen LogP contribution in [0.2, 0.25) is 0 Å². The second-order valence-electron chi connectivity index (χ2n) is 4.35. The molecule has 0 fully saturated rings. The van der Waals surface area contributed by atoms with Crippen LogP contribution in [0.1, 0.15) is 23.1 Å². The topological polar surface area (TPSA) is 43.6 Å². The molecule has 0 aliphatic rings. The molecule has 2 aromatic rings. The molecule has 5 heteroatoms.